The molecule has 1 aromatic heterocycles. The van der Waals surface area contributed by atoms with Crippen LogP contribution in [0.15, 0.2) is 170 Å². The molecule has 0 aliphatic rings. The normalized spacial score (nSPS) is 11.8. The first-order valence-electron chi connectivity index (χ1n) is 16.2. The zero-order chi connectivity index (χ0) is 30.9. The quantitative estimate of drug-likeness (QED) is 0.174. The topological polar surface area (TPSA) is 0 Å². The maximum atomic E-state index is 2.43. The van der Waals surface area contributed by atoms with Gasteiger partial charge in [-0.2, -0.15) is 0 Å². The Hall–Kier alpha value is -5.76. The molecule has 0 fully saturated rings. The van der Waals surface area contributed by atoms with Gasteiger partial charge in [0.2, 0.25) is 0 Å². The first kappa shape index (κ1) is 26.5. The smallest absolute Gasteiger partial charge is 0.0440 e. The van der Waals surface area contributed by atoms with Crippen molar-refractivity contribution in [1.29, 1.82) is 0 Å². The Bertz CT molecular complexity index is 2800. The van der Waals surface area contributed by atoms with Crippen LogP contribution in [0.4, 0.5) is 0 Å². The lowest BCUT2D eigenvalue weighted by atomic mass is 9.85. The Labute approximate surface area is 276 Å². The molecule has 0 spiro atoms. The summed E-state index contributed by atoms with van der Waals surface area (Å²) in [6.45, 7) is 0. The Morgan fingerprint density at radius 2 is 0.787 bits per heavy atom. The van der Waals surface area contributed by atoms with Crippen LogP contribution in [0.1, 0.15) is 0 Å². The maximum Gasteiger partial charge on any atom is 0.0440 e. The summed E-state index contributed by atoms with van der Waals surface area (Å²) in [6.07, 6.45) is 0. The molecule has 1 heteroatoms. The lowest BCUT2D eigenvalue weighted by Crippen LogP contribution is -1.91. The lowest BCUT2D eigenvalue weighted by Gasteiger charge is -2.19. The molecule has 0 radical (unpaired) electrons. The summed E-state index contributed by atoms with van der Waals surface area (Å²) in [7, 11) is 0. The number of benzene rings is 9. The second kappa shape index (κ2) is 10.4. The van der Waals surface area contributed by atoms with Gasteiger partial charge in [-0.25, -0.2) is 0 Å². The van der Waals surface area contributed by atoms with Crippen LogP contribution < -0.4 is 0 Å². The van der Waals surface area contributed by atoms with E-state index in [1.165, 1.54) is 96.6 Å². The molecule has 0 N–H and O–H groups in total. The molecule has 0 saturated carbocycles. The minimum Gasteiger partial charge on any atom is -0.135 e. The zero-order valence-electron chi connectivity index (χ0n) is 25.6. The molecule has 1 heterocycles. The molecule has 218 valence electrons. The van der Waals surface area contributed by atoms with Gasteiger partial charge in [-0.15, -0.1) is 11.3 Å². The number of fused-ring (bicyclic) bond motifs is 7. The Morgan fingerprint density at radius 3 is 1.47 bits per heavy atom. The molecule has 0 aliphatic carbocycles. The number of thiophene rings is 1. The van der Waals surface area contributed by atoms with Crippen LogP contribution in [0, 0.1) is 0 Å². The van der Waals surface area contributed by atoms with Crippen molar-refractivity contribution in [3.63, 3.8) is 0 Å². The molecule has 0 nitrogen and oxygen atoms in total. The summed E-state index contributed by atoms with van der Waals surface area (Å²) in [5.74, 6) is 0. The third-order valence-electron chi connectivity index (χ3n) is 9.80. The van der Waals surface area contributed by atoms with Gasteiger partial charge in [0.05, 0.1) is 0 Å². The first-order valence-corrected chi connectivity index (χ1v) is 17.0. The van der Waals surface area contributed by atoms with E-state index in [2.05, 4.69) is 170 Å². The van der Waals surface area contributed by atoms with Gasteiger partial charge in [0.1, 0.15) is 0 Å². The maximum absolute atomic E-state index is 2.43. The summed E-state index contributed by atoms with van der Waals surface area (Å²) >= 11 is 1.91. The molecule has 0 saturated heterocycles. The van der Waals surface area contributed by atoms with Crippen molar-refractivity contribution in [3.8, 4) is 33.4 Å². The fourth-order valence-electron chi connectivity index (χ4n) is 7.73. The van der Waals surface area contributed by atoms with E-state index in [9.17, 15) is 0 Å². The van der Waals surface area contributed by atoms with Gasteiger partial charge >= 0.3 is 0 Å². The summed E-state index contributed by atoms with van der Waals surface area (Å²) in [6, 6.07) is 62.7. The van der Waals surface area contributed by atoms with Crippen molar-refractivity contribution < 1.29 is 0 Å². The van der Waals surface area contributed by atoms with Crippen LogP contribution in [0.25, 0.3) is 96.6 Å². The predicted molar refractivity (Wildman–Crippen MR) is 206 cm³/mol. The molecule has 0 bridgehead atoms. The van der Waals surface area contributed by atoms with Crippen LogP contribution in [0.2, 0.25) is 0 Å². The summed E-state index contributed by atoms with van der Waals surface area (Å²) in [5.41, 5.74) is 7.64. The SMILES string of the molecule is c1cc(-c2c3ccccc3c(-c3ccc4ccccc4c3)c3ccccc23)cc(-c2c3ccccc3cc3c2sc2ccccc23)c1. The van der Waals surface area contributed by atoms with Crippen LogP contribution >= 0.6 is 11.3 Å². The highest BCUT2D eigenvalue weighted by molar-refractivity contribution is 7.26. The molecular formula is C46H28S. The monoisotopic (exact) mass is 612 g/mol. The molecule has 0 aliphatic heterocycles. The molecule has 10 rings (SSSR count). The highest BCUT2D eigenvalue weighted by Crippen LogP contribution is 2.47. The average molecular weight is 613 g/mol. The van der Waals surface area contributed by atoms with Crippen LogP contribution in [0.5, 0.6) is 0 Å². The second-order valence-corrected chi connectivity index (χ2v) is 13.5. The van der Waals surface area contributed by atoms with Crippen LogP contribution in [0.3, 0.4) is 0 Å². The van der Waals surface area contributed by atoms with Crippen molar-refractivity contribution in [2.45, 2.75) is 0 Å². The van der Waals surface area contributed by atoms with Gasteiger partial charge in [0.15, 0.2) is 0 Å². The number of hydrogen-bond donors (Lipinski definition) is 0. The van der Waals surface area contributed by atoms with E-state index >= 15 is 0 Å². The third kappa shape index (κ3) is 4.07. The van der Waals surface area contributed by atoms with Gasteiger partial charge in [-0.3, -0.25) is 0 Å². The minimum absolute atomic E-state index is 1.24. The van der Waals surface area contributed by atoms with Gasteiger partial charge in [-0.1, -0.05) is 146 Å². The standard InChI is InChI=1S/C46H28S/c1-2-13-30-26-34(25-24-29(30)12-1)44-39-21-7-5-19-37(39)43(38-20-6-8-22-40(38)44)32-15-11-16-33(27-32)45-35-17-4-3-14-31(35)28-41-36-18-9-10-23-42(36)47-46(41)45/h1-28H. The average Bonchev–Trinajstić information content (AvgIpc) is 3.50. The molecule has 9 aromatic carbocycles. The largest absolute Gasteiger partial charge is 0.135 e. The first-order chi connectivity index (χ1) is 23.3. The highest BCUT2D eigenvalue weighted by atomic mass is 32.1. The van der Waals surface area contributed by atoms with Crippen molar-refractivity contribution in [2.75, 3.05) is 0 Å². The van der Waals surface area contributed by atoms with E-state index in [4.69, 9.17) is 0 Å². The van der Waals surface area contributed by atoms with E-state index in [1.54, 1.807) is 0 Å². The van der Waals surface area contributed by atoms with E-state index in [0.29, 0.717) is 0 Å². The molecule has 47 heavy (non-hydrogen) atoms. The van der Waals surface area contributed by atoms with Crippen molar-refractivity contribution in [1.82, 2.24) is 0 Å². The second-order valence-electron chi connectivity index (χ2n) is 12.4. The number of rotatable bonds is 3. The number of hydrogen-bond acceptors (Lipinski definition) is 1. The Kier molecular flexibility index (Phi) is 5.85. The van der Waals surface area contributed by atoms with Gasteiger partial charge < -0.3 is 0 Å². The molecule has 0 atom stereocenters. The Balaban J connectivity index is 1.27. The highest BCUT2D eigenvalue weighted by Gasteiger charge is 2.19. The zero-order valence-corrected chi connectivity index (χ0v) is 26.4. The van der Waals surface area contributed by atoms with Crippen LogP contribution in [-0.2, 0) is 0 Å². The summed E-state index contributed by atoms with van der Waals surface area (Å²) in [5, 5.41) is 12.9. The lowest BCUT2D eigenvalue weighted by molar-refractivity contribution is 1.65. The Morgan fingerprint density at radius 1 is 0.277 bits per heavy atom. The fourth-order valence-corrected chi connectivity index (χ4v) is 9.00. The third-order valence-corrected chi connectivity index (χ3v) is 11.0. The molecular weight excluding hydrogens is 585 g/mol. The van der Waals surface area contributed by atoms with Crippen molar-refractivity contribution in [2.24, 2.45) is 0 Å². The van der Waals surface area contributed by atoms with E-state index in [0.717, 1.165) is 0 Å². The molecule has 0 unspecified atom stereocenters. The van der Waals surface area contributed by atoms with E-state index in [-0.39, 0.29) is 0 Å². The predicted octanol–water partition coefficient (Wildman–Crippen LogP) is 13.7. The molecule has 10 aromatic rings. The minimum atomic E-state index is 1.24. The van der Waals surface area contributed by atoms with Crippen molar-refractivity contribution in [3.05, 3.63) is 170 Å². The van der Waals surface area contributed by atoms with Crippen molar-refractivity contribution >= 4 is 74.6 Å². The fraction of sp³-hybridized carbons (Fsp3) is 0. The van der Waals surface area contributed by atoms with Gasteiger partial charge in [0.25, 0.3) is 0 Å². The summed E-state index contributed by atoms with van der Waals surface area (Å²) < 4.78 is 2.68. The van der Waals surface area contributed by atoms with Gasteiger partial charge in [0, 0.05) is 25.7 Å². The van der Waals surface area contributed by atoms with E-state index in [1.807, 2.05) is 11.3 Å². The summed E-state index contributed by atoms with van der Waals surface area (Å²) in [4.78, 5) is 0. The van der Waals surface area contributed by atoms with Gasteiger partial charge in [-0.05, 0) is 95.2 Å². The van der Waals surface area contributed by atoms with E-state index < -0.39 is 0 Å². The van der Waals surface area contributed by atoms with Crippen LogP contribution in [-0.4, -0.2) is 0 Å². The molecule has 0 amide bonds.